The van der Waals surface area contributed by atoms with E-state index in [1.165, 1.54) is 11.3 Å². The highest BCUT2D eigenvalue weighted by Gasteiger charge is 2.17. The summed E-state index contributed by atoms with van der Waals surface area (Å²) in [6, 6.07) is 9.86. The molecule has 1 N–H and O–H groups in total. The highest BCUT2D eigenvalue weighted by molar-refractivity contribution is 9.10. The molecule has 3 aromatic rings. The fraction of sp³-hybridized carbons (Fsp3) is 0.133. The summed E-state index contributed by atoms with van der Waals surface area (Å²) < 4.78 is 3.05. The second kappa shape index (κ2) is 6.02. The zero-order valence-corrected chi connectivity index (χ0v) is 14.4. The van der Waals surface area contributed by atoms with Crippen LogP contribution >= 0.6 is 27.3 Å². The van der Waals surface area contributed by atoms with Crippen molar-refractivity contribution < 1.29 is 4.79 Å². The molecule has 0 aliphatic heterocycles. The first kappa shape index (κ1) is 14.9. The Labute approximate surface area is 140 Å². The molecule has 0 bridgehead atoms. The number of aromatic nitrogens is 3. The predicted molar refractivity (Wildman–Crippen MR) is 90.8 cm³/mol. The predicted octanol–water partition coefficient (Wildman–Crippen LogP) is 3.96. The third kappa shape index (κ3) is 2.82. The first-order chi connectivity index (χ1) is 10.6. The maximum Gasteiger partial charge on any atom is 0.259 e. The summed E-state index contributed by atoms with van der Waals surface area (Å²) in [6.07, 6.45) is 0. The molecule has 2 aromatic heterocycles. The van der Waals surface area contributed by atoms with Crippen molar-refractivity contribution in [3.05, 3.63) is 57.3 Å². The van der Waals surface area contributed by atoms with Gasteiger partial charge in [0.2, 0.25) is 5.13 Å². The van der Waals surface area contributed by atoms with Crippen LogP contribution in [0.4, 0.5) is 5.13 Å². The molecule has 0 aliphatic carbocycles. The molecular formula is C15H13BrN4OS. The molecule has 0 radical (unpaired) electrons. The molecule has 22 heavy (non-hydrogen) atoms. The number of halogens is 1. The van der Waals surface area contributed by atoms with E-state index in [0.717, 1.165) is 21.5 Å². The molecule has 0 spiro atoms. The van der Waals surface area contributed by atoms with Crippen LogP contribution in [0.2, 0.25) is 0 Å². The Morgan fingerprint density at radius 2 is 2.14 bits per heavy atom. The van der Waals surface area contributed by atoms with Crippen LogP contribution in [0.5, 0.6) is 0 Å². The summed E-state index contributed by atoms with van der Waals surface area (Å²) in [7, 11) is 0. The van der Waals surface area contributed by atoms with E-state index in [2.05, 4.69) is 36.0 Å². The van der Waals surface area contributed by atoms with Crippen molar-refractivity contribution in [2.45, 2.75) is 13.8 Å². The number of hydrogen-bond acceptors (Lipinski definition) is 4. The molecule has 7 heteroatoms. The van der Waals surface area contributed by atoms with Gasteiger partial charge < -0.3 is 4.57 Å². The molecule has 112 valence electrons. The van der Waals surface area contributed by atoms with E-state index < -0.39 is 0 Å². The highest BCUT2D eigenvalue weighted by Crippen LogP contribution is 2.24. The monoisotopic (exact) mass is 376 g/mol. The molecule has 0 fully saturated rings. The Balaban J connectivity index is 1.98. The van der Waals surface area contributed by atoms with Crippen LogP contribution in [0.15, 0.2) is 40.3 Å². The molecular weight excluding hydrogens is 364 g/mol. The third-order valence-corrected chi connectivity index (χ3v) is 4.42. The van der Waals surface area contributed by atoms with Crippen LogP contribution in [0.1, 0.15) is 21.7 Å². The van der Waals surface area contributed by atoms with Gasteiger partial charge in [0.1, 0.15) is 5.51 Å². The van der Waals surface area contributed by atoms with Crippen molar-refractivity contribution >= 4 is 38.3 Å². The summed E-state index contributed by atoms with van der Waals surface area (Å²) in [5, 5.41) is 10.8. The lowest BCUT2D eigenvalue weighted by Crippen LogP contribution is -2.13. The highest BCUT2D eigenvalue weighted by atomic mass is 79.9. The summed E-state index contributed by atoms with van der Waals surface area (Å²) >= 11 is 4.77. The number of carbonyl (C=O) groups is 1. The van der Waals surface area contributed by atoms with Gasteiger partial charge in [0.25, 0.3) is 5.91 Å². The fourth-order valence-corrected chi connectivity index (χ4v) is 3.22. The van der Waals surface area contributed by atoms with E-state index in [1.807, 2.05) is 44.2 Å². The van der Waals surface area contributed by atoms with Gasteiger partial charge in [0, 0.05) is 21.5 Å². The number of nitrogens with zero attached hydrogens (tertiary/aromatic N) is 3. The number of anilines is 1. The Hall–Kier alpha value is -1.99. The van der Waals surface area contributed by atoms with Crippen molar-refractivity contribution in [1.29, 1.82) is 0 Å². The van der Waals surface area contributed by atoms with E-state index >= 15 is 0 Å². The standard InChI is InChI=1S/C15H13BrN4OS/c1-9-6-13(14(21)18-15-19-17-8-22-15)10(2)20(9)12-5-3-4-11(16)7-12/h3-8H,1-2H3,(H,18,19,21). The third-order valence-electron chi connectivity index (χ3n) is 3.32. The van der Waals surface area contributed by atoms with Gasteiger partial charge in [-0.15, -0.1) is 10.2 Å². The second-order valence-corrected chi connectivity index (χ2v) is 6.55. The Morgan fingerprint density at radius 3 is 2.82 bits per heavy atom. The zero-order valence-electron chi connectivity index (χ0n) is 12.0. The van der Waals surface area contributed by atoms with Crippen LogP contribution in [0.3, 0.4) is 0 Å². The van der Waals surface area contributed by atoms with Gasteiger partial charge in [0.05, 0.1) is 5.56 Å². The minimum atomic E-state index is -0.175. The van der Waals surface area contributed by atoms with E-state index in [-0.39, 0.29) is 5.91 Å². The SMILES string of the molecule is Cc1cc(C(=O)Nc2nncs2)c(C)n1-c1cccc(Br)c1. The quantitative estimate of drug-likeness (QED) is 0.752. The largest absolute Gasteiger partial charge is 0.318 e. The second-order valence-electron chi connectivity index (χ2n) is 4.80. The maximum atomic E-state index is 12.4. The van der Waals surface area contributed by atoms with Crippen molar-refractivity contribution in [2.75, 3.05) is 5.32 Å². The van der Waals surface area contributed by atoms with Gasteiger partial charge in [-0.1, -0.05) is 33.3 Å². The lowest BCUT2D eigenvalue weighted by Gasteiger charge is -2.10. The normalized spacial score (nSPS) is 10.7. The maximum absolute atomic E-state index is 12.4. The van der Waals surface area contributed by atoms with Crippen LogP contribution < -0.4 is 5.32 Å². The van der Waals surface area contributed by atoms with Gasteiger partial charge in [0.15, 0.2) is 0 Å². The lowest BCUT2D eigenvalue weighted by atomic mass is 10.2. The minimum Gasteiger partial charge on any atom is -0.318 e. The van der Waals surface area contributed by atoms with Crippen LogP contribution in [0, 0.1) is 13.8 Å². The van der Waals surface area contributed by atoms with Crippen LogP contribution in [0.25, 0.3) is 5.69 Å². The number of hydrogen-bond donors (Lipinski definition) is 1. The average molecular weight is 377 g/mol. The number of aryl methyl sites for hydroxylation is 1. The number of amides is 1. The molecule has 1 amide bonds. The van der Waals surface area contributed by atoms with Crippen LogP contribution in [-0.4, -0.2) is 20.7 Å². The summed E-state index contributed by atoms with van der Waals surface area (Å²) in [5.74, 6) is -0.175. The summed E-state index contributed by atoms with van der Waals surface area (Å²) in [6.45, 7) is 3.92. The van der Waals surface area contributed by atoms with E-state index in [9.17, 15) is 4.79 Å². The minimum absolute atomic E-state index is 0.175. The molecule has 0 aliphatic rings. The molecule has 2 heterocycles. The van der Waals surface area contributed by atoms with Gasteiger partial charge in [-0.3, -0.25) is 10.1 Å². The Bertz CT molecular complexity index is 826. The average Bonchev–Trinajstić information content (AvgIpc) is 3.07. The first-order valence-corrected chi connectivity index (χ1v) is 8.26. The topological polar surface area (TPSA) is 59.8 Å². The number of rotatable bonds is 3. The molecule has 5 nitrogen and oxygen atoms in total. The molecule has 0 unspecified atom stereocenters. The van der Waals surface area contributed by atoms with E-state index in [1.54, 1.807) is 5.51 Å². The number of benzene rings is 1. The van der Waals surface area contributed by atoms with Crippen molar-refractivity contribution in [3.63, 3.8) is 0 Å². The smallest absolute Gasteiger partial charge is 0.259 e. The summed E-state index contributed by atoms with van der Waals surface area (Å²) in [5.41, 5.74) is 5.11. The van der Waals surface area contributed by atoms with Gasteiger partial charge >= 0.3 is 0 Å². The molecule has 0 saturated carbocycles. The molecule has 3 rings (SSSR count). The first-order valence-electron chi connectivity index (χ1n) is 6.58. The van der Waals surface area contributed by atoms with E-state index in [4.69, 9.17) is 0 Å². The Kier molecular flexibility index (Phi) is 4.08. The van der Waals surface area contributed by atoms with Crippen LogP contribution in [-0.2, 0) is 0 Å². The summed E-state index contributed by atoms with van der Waals surface area (Å²) in [4.78, 5) is 12.4. The number of nitrogens with one attached hydrogen (secondary N) is 1. The number of carbonyl (C=O) groups excluding carboxylic acids is 1. The molecule has 0 saturated heterocycles. The van der Waals surface area contributed by atoms with Gasteiger partial charge in [-0.25, -0.2) is 0 Å². The molecule has 0 atom stereocenters. The molecule has 1 aromatic carbocycles. The van der Waals surface area contributed by atoms with Crippen molar-refractivity contribution in [2.24, 2.45) is 0 Å². The van der Waals surface area contributed by atoms with Crippen molar-refractivity contribution in [3.8, 4) is 5.69 Å². The zero-order chi connectivity index (χ0) is 15.7. The Morgan fingerprint density at radius 1 is 1.32 bits per heavy atom. The van der Waals surface area contributed by atoms with Gasteiger partial charge in [-0.2, -0.15) is 0 Å². The lowest BCUT2D eigenvalue weighted by molar-refractivity contribution is 0.102. The van der Waals surface area contributed by atoms with Crippen molar-refractivity contribution in [1.82, 2.24) is 14.8 Å². The fourth-order valence-electron chi connectivity index (χ4n) is 2.40. The van der Waals surface area contributed by atoms with Gasteiger partial charge in [-0.05, 0) is 38.1 Å². The van der Waals surface area contributed by atoms with E-state index in [0.29, 0.717) is 10.7 Å².